The Morgan fingerprint density at radius 2 is 1.47 bits per heavy atom. The van der Waals surface area contributed by atoms with Crippen molar-refractivity contribution in [2.75, 3.05) is 44.6 Å². The first-order valence-electron chi connectivity index (χ1n) is 12.0. The summed E-state index contributed by atoms with van der Waals surface area (Å²) < 4.78 is 0. The summed E-state index contributed by atoms with van der Waals surface area (Å²) in [5.41, 5.74) is 2.06. The molecule has 0 aliphatic carbocycles. The number of hydrogen-bond acceptors (Lipinski definition) is 5. The Morgan fingerprint density at radius 3 is 2.21 bits per heavy atom. The standard InChI is InChI=1S/C26H30N4O3S/c31-24-23(34-22-9-5-4-8-21(22)27-24)26(33)29-12-10-20(11-13-29)25(32)30-16-14-28(15-17-30)18-19-6-2-1-3-7-19/h1-9,20,23H,10-18H2,(H,27,31). The van der Waals surface area contributed by atoms with E-state index in [2.05, 4.69) is 34.5 Å². The van der Waals surface area contributed by atoms with Crippen LogP contribution in [0.1, 0.15) is 18.4 Å². The van der Waals surface area contributed by atoms with Gasteiger partial charge in [-0.15, -0.1) is 11.8 Å². The van der Waals surface area contributed by atoms with Crippen molar-refractivity contribution in [2.45, 2.75) is 29.5 Å². The van der Waals surface area contributed by atoms with Crippen LogP contribution < -0.4 is 5.32 Å². The molecule has 3 aliphatic heterocycles. The zero-order valence-electron chi connectivity index (χ0n) is 19.2. The van der Waals surface area contributed by atoms with Crippen LogP contribution in [0, 0.1) is 5.92 Å². The Balaban J connectivity index is 1.10. The van der Waals surface area contributed by atoms with Gasteiger partial charge in [0.15, 0.2) is 5.25 Å². The molecule has 178 valence electrons. The summed E-state index contributed by atoms with van der Waals surface area (Å²) in [5, 5.41) is 2.08. The normalized spacial score (nSPS) is 21.6. The maximum atomic E-state index is 13.1. The molecule has 2 saturated heterocycles. The van der Waals surface area contributed by atoms with Crippen molar-refractivity contribution < 1.29 is 14.4 Å². The lowest BCUT2D eigenvalue weighted by atomic mass is 9.94. The van der Waals surface area contributed by atoms with E-state index in [9.17, 15) is 14.4 Å². The van der Waals surface area contributed by atoms with Gasteiger partial charge in [-0.05, 0) is 30.5 Å². The van der Waals surface area contributed by atoms with Crippen molar-refractivity contribution in [1.82, 2.24) is 14.7 Å². The quantitative estimate of drug-likeness (QED) is 0.684. The Hall–Kier alpha value is -2.84. The summed E-state index contributed by atoms with van der Waals surface area (Å²) >= 11 is 1.31. The van der Waals surface area contributed by atoms with Crippen LogP contribution >= 0.6 is 11.8 Å². The second-order valence-electron chi connectivity index (χ2n) is 9.17. The van der Waals surface area contributed by atoms with Crippen LogP contribution in [0.5, 0.6) is 0 Å². The first-order chi connectivity index (χ1) is 16.6. The van der Waals surface area contributed by atoms with E-state index in [4.69, 9.17) is 0 Å². The Bertz CT molecular complexity index is 1050. The molecule has 7 nitrogen and oxygen atoms in total. The van der Waals surface area contributed by atoms with E-state index < -0.39 is 5.25 Å². The van der Waals surface area contributed by atoms with Crippen LogP contribution in [0.15, 0.2) is 59.5 Å². The van der Waals surface area contributed by atoms with Crippen molar-refractivity contribution >= 4 is 35.2 Å². The van der Waals surface area contributed by atoms with Crippen LogP contribution in [-0.4, -0.2) is 76.9 Å². The molecule has 34 heavy (non-hydrogen) atoms. The Kier molecular flexibility index (Phi) is 6.87. The van der Waals surface area contributed by atoms with Gasteiger partial charge in [-0.25, -0.2) is 0 Å². The average molecular weight is 479 g/mol. The number of carbonyl (C=O) groups is 3. The van der Waals surface area contributed by atoms with Crippen molar-refractivity contribution in [3.05, 3.63) is 60.2 Å². The van der Waals surface area contributed by atoms with Crippen LogP contribution in [0.4, 0.5) is 5.69 Å². The lowest BCUT2D eigenvalue weighted by Gasteiger charge is -2.39. The minimum absolute atomic E-state index is 0.0433. The molecule has 2 aromatic carbocycles. The third kappa shape index (κ3) is 4.98. The number of amides is 3. The highest BCUT2D eigenvalue weighted by Gasteiger charge is 2.38. The SMILES string of the molecule is O=C1Nc2ccccc2SC1C(=O)N1CCC(C(=O)N2CCN(Cc3ccccc3)CC2)CC1. The number of piperazine rings is 1. The highest BCUT2D eigenvalue weighted by Crippen LogP contribution is 2.36. The van der Waals surface area contributed by atoms with Gasteiger partial charge in [0.05, 0.1) is 5.69 Å². The van der Waals surface area contributed by atoms with E-state index >= 15 is 0 Å². The Labute approximate surface area is 204 Å². The molecule has 8 heteroatoms. The molecule has 3 amide bonds. The second kappa shape index (κ2) is 10.2. The predicted molar refractivity (Wildman–Crippen MR) is 132 cm³/mol. The number of fused-ring (bicyclic) bond motifs is 1. The van der Waals surface area contributed by atoms with E-state index in [0.29, 0.717) is 25.9 Å². The van der Waals surface area contributed by atoms with Crippen molar-refractivity contribution in [2.24, 2.45) is 5.92 Å². The molecule has 2 fully saturated rings. The minimum atomic E-state index is -0.764. The first-order valence-corrected chi connectivity index (χ1v) is 12.9. The van der Waals surface area contributed by atoms with Crippen LogP contribution in [0.25, 0.3) is 0 Å². The monoisotopic (exact) mass is 478 g/mol. The summed E-state index contributed by atoms with van der Waals surface area (Å²) in [6.45, 7) is 5.23. The van der Waals surface area contributed by atoms with Gasteiger partial charge in [0.2, 0.25) is 17.7 Å². The highest BCUT2D eigenvalue weighted by atomic mass is 32.2. The molecule has 3 heterocycles. The fourth-order valence-electron chi connectivity index (χ4n) is 4.95. The molecule has 2 aromatic rings. The number of thioether (sulfide) groups is 1. The number of likely N-dealkylation sites (tertiary alicyclic amines) is 1. The predicted octanol–water partition coefficient (Wildman–Crippen LogP) is 2.68. The molecule has 0 spiro atoms. The molecule has 1 N–H and O–H groups in total. The molecular weight excluding hydrogens is 448 g/mol. The van der Waals surface area contributed by atoms with Gasteiger partial charge in [0, 0.05) is 56.6 Å². The maximum Gasteiger partial charge on any atom is 0.247 e. The summed E-state index contributed by atoms with van der Waals surface area (Å²) in [7, 11) is 0. The topological polar surface area (TPSA) is 73.0 Å². The van der Waals surface area contributed by atoms with Crippen molar-refractivity contribution in [3.63, 3.8) is 0 Å². The molecule has 5 rings (SSSR count). The van der Waals surface area contributed by atoms with E-state index in [-0.39, 0.29) is 23.6 Å². The van der Waals surface area contributed by atoms with E-state index in [0.717, 1.165) is 43.3 Å². The molecule has 0 bridgehead atoms. The minimum Gasteiger partial charge on any atom is -0.341 e. The van der Waals surface area contributed by atoms with Crippen LogP contribution in [-0.2, 0) is 20.9 Å². The molecular formula is C26H30N4O3S. The lowest BCUT2D eigenvalue weighted by Crippen LogP contribution is -2.52. The van der Waals surface area contributed by atoms with Gasteiger partial charge in [0.25, 0.3) is 0 Å². The number of nitrogens with one attached hydrogen (secondary N) is 1. The molecule has 1 unspecified atom stereocenters. The second-order valence-corrected chi connectivity index (χ2v) is 10.3. The number of hydrogen-bond donors (Lipinski definition) is 1. The molecule has 0 saturated carbocycles. The fraction of sp³-hybridized carbons (Fsp3) is 0.423. The van der Waals surface area contributed by atoms with Crippen LogP contribution in [0.2, 0.25) is 0 Å². The first kappa shape index (κ1) is 22.9. The van der Waals surface area contributed by atoms with Gasteiger partial charge in [0.1, 0.15) is 0 Å². The summed E-state index contributed by atoms with van der Waals surface area (Å²) in [4.78, 5) is 45.8. The van der Waals surface area contributed by atoms with E-state index in [1.807, 2.05) is 35.2 Å². The van der Waals surface area contributed by atoms with Crippen molar-refractivity contribution in [3.8, 4) is 0 Å². The van der Waals surface area contributed by atoms with Gasteiger partial charge in [-0.3, -0.25) is 19.3 Å². The lowest BCUT2D eigenvalue weighted by molar-refractivity contribution is -0.142. The number of carbonyl (C=O) groups excluding carboxylic acids is 3. The zero-order valence-corrected chi connectivity index (χ0v) is 20.0. The maximum absolute atomic E-state index is 13.1. The average Bonchev–Trinajstić information content (AvgIpc) is 2.88. The number of rotatable bonds is 4. The number of para-hydroxylation sites is 1. The number of nitrogens with zero attached hydrogens (tertiary/aromatic N) is 3. The number of anilines is 1. The van der Waals surface area contributed by atoms with E-state index in [1.165, 1.54) is 17.3 Å². The zero-order chi connectivity index (χ0) is 23.5. The number of benzene rings is 2. The molecule has 1 atom stereocenters. The molecule has 3 aliphatic rings. The molecule has 0 radical (unpaired) electrons. The highest BCUT2D eigenvalue weighted by molar-refractivity contribution is 8.01. The third-order valence-electron chi connectivity index (χ3n) is 6.94. The Morgan fingerprint density at radius 1 is 0.824 bits per heavy atom. The molecule has 0 aromatic heterocycles. The largest absolute Gasteiger partial charge is 0.341 e. The van der Waals surface area contributed by atoms with Gasteiger partial charge in [-0.2, -0.15) is 0 Å². The summed E-state index contributed by atoms with van der Waals surface area (Å²) in [6.07, 6.45) is 1.31. The third-order valence-corrected chi connectivity index (χ3v) is 8.20. The van der Waals surface area contributed by atoms with Crippen molar-refractivity contribution in [1.29, 1.82) is 0 Å². The van der Waals surface area contributed by atoms with E-state index in [1.54, 1.807) is 4.90 Å². The van der Waals surface area contributed by atoms with Gasteiger partial charge < -0.3 is 15.1 Å². The number of piperidine rings is 1. The summed E-state index contributed by atoms with van der Waals surface area (Å²) in [5.74, 6) is -0.249. The smallest absolute Gasteiger partial charge is 0.247 e. The van der Waals surface area contributed by atoms with Gasteiger partial charge >= 0.3 is 0 Å². The summed E-state index contributed by atoms with van der Waals surface area (Å²) in [6, 6.07) is 18.0. The van der Waals surface area contributed by atoms with Gasteiger partial charge in [-0.1, -0.05) is 42.5 Å². The van der Waals surface area contributed by atoms with Crippen LogP contribution in [0.3, 0.4) is 0 Å². The fourth-order valence-corrected chi connectivity index (χ4v) is 6.03.